The standard InChI is InChI=1S/C31H32FN3O3S/c1-3-13-35(20(2)36)14-11-22-6-8-26(34-19-22)30-18-27-31(39-30)29(10-12-33-27)38-28-9-7-23(17-25(28)32)16-24(37)15-21-4-5-21/h6-10,12,17-19,21H,3-5,11,13-16H2,1-2H3. The molecular formula is C31H32FN3O3S. The molecule has 1 aromatic carbocycles. The topological polar surface area (TPSA) is 72.4 Å². The molecule has 1 saturated carbocycles. The second kappa shape index (κ2) is 12.0. The molecule has 1 aliphatic carbocycles. The maximum Gasteiger partial charge on any atom is 0.219 e. The number of hydrogen-bond donors (Lipinski definition) is 0. The van der Waals surface area contributed by atoms with Crippen LogP contribution < -0.4 is 4.74 Å². The van der Waals surface area contributed by atoms with E-state index in [1.807, 2.05) is 29.3 Å². The Morgan fingerprint density at radius 2 is 1.87 bits per heavy atom. The minimum atomic E-state index is -0.493. The lowest BCUT2D eigenvalue weighted by atomic mass is 10.0. The highest BCUT2D eigenvalue weighted by Crippen LogP contribution is 2.39. The van der Waals surface area contributed by atoms with E-state index in [2.05, 4.69) is 16.9 Å². The fraction of sp³-hybridized carbons (Fsp3) is 0.355. The molecule has 0 radical (unpaired) electrons. The van der Waals surface area contributed by atoms with Gasteiger partial charge in [0.15, 0.2) is 11.6 Å². The Morgan fingerprint density at radius 3 is 2.56 bits per heavy atom. The van der Waals surface area contributed by atoms with Crippen molar-refractivity contribution in [2.75, 3.05) is 13.1 Å². The Kier molecular flexibility index (Phi) is 8.31. The molecule has 0 saturated heterocycles. The van der Waals surface area contributed by atoms with Gasteiger partial charge in [-0.3, -0.25) is 19.6 Å². The summed E-state index contributed by atoms with van der Waals surface area (Å²) in [6, 6.07) is 12.4. The zero-order chi connectivity index (χ0) is 27.4. The lowest BCUT2D eigenvalue weighted by Gasteiger charge is -2.20. The van der Waals surface area contributed by atoms with Crippen LogP contribution in [-0.4, -0.2) is 39.6 Å². The van der Waals surface area contributed by atoms with Crippen LogP contribution in [0.2, 0.25) is 0 Å². The molecule has 0 spiro atoms. The van der Waals surface area contributed by atoms with E-state index in [0.717, 1.165) is 58.6 Å². The summed E-state index contributed by atoms with van der Waals surface area (Å²) in [5.74, 6) is 0.909. The molecule has 0 atom stereocenters. The number of carbonyl (C=O) groups is 2. The second-order valence-corrected chi connectivity index (χ2v) is 11.2. The summed E-state index contributed by atoms with van der Waals surface area (Å²) in [6.45, 7) is 5.10. The molecule has 1 fully saturated rings. The molecule has 0 bridgehead atoms. The van der Waals surface area contributed by atoms with Crippen molar-refractivity contribution in [2.45, 2.75) is 52.4 Å². The van der Waals surface area contributed by atoms with Gasteiger partial charge in [0.1, 0.15) is 11.5 Å². The Bertz CT molecular complexity index is 1480. The molecule has 8 heteroatoms. The Labute approximate surface area is 231 Å². The number of benzene rings is 1. The predicted molar refractivity (Wildman–Crippen MR) is 152 cm³/mol. The van der Waals surface area contributed by atoms with E-state index in [9.17, 15) is 14.0 Å². The molecule has 39 heavy (non-hydrogen) atoms. The van der Waals surface area contributed by atoms with E-state index in [1.54, 1.807) is 31.3 Å². The molecule has 202 valence electrons. The quantitative estimate of drug-likeness (QED) is 0.192. The highest BCUT2D eigenvalue weighted by molar-refractivity contribution is 7.22. The van der Waals surface area contributed by atoms with Gasteiger partial charge in [0.2, 0.25) is 5.91 Å². The van der Waals surface area contributed by atoms with Crippen LogP contribution in [0.3, 0.4) is 0 Å². The van der Waals surface area contributed by atoms with Crippen LogP contribution in [0, 0.1) is 11.7 Å². The number of rotatable bonds is 12. The molecular weight excluding hydrogens is 513 g/mol. The van der Waals surface area contributed by atoms with Crippen molar-refractivity contribution < 1.29 is 18.7 Å². The lowest BCUT2D eigenvalue weighted by Crippen LogP contribution is -2.31. The van der Waals surface area contributed by atoms with Crippen LogP contribution in [0.15, 0.2) is 54.9 Å². The van der Waals surface area contributed by atoms with Crippen molar-refractivity contribution in [2.24, 2.45) is 5.92 Å². The summed E-state index contributed by atoms with van der Waals surface area (Å²) in [5.41, 5.74) is 3.30. The monoisotopic (exact) mass is 545 g/mol. The first-order valence-corrected chi connectivity index (χ1v) is 14.3. The maximum absolute atomic E-state index is 14.9. The number of carbonyl (C=O) groups excluding carboxylic acids is 2. The van der Waals surface area contributed by atoms with E-state index in [0.29, 0.717) is 30.2 Å². The molecule has 5 rings (SSSR count). The first-order valence-electron chi connectivity index (χ1n) is 13.5. The van der Waals surface area contributed by atoms with Gasteiger partial charge in [-0.2, -0.15) is 0 Å². The van der Waals surface area contributed by atoms with E-state index in [-0.39, 0.29) is 23.9 Å². The number of pyridine rings is 2. The Balaban J connectivity index is 1.28. The third-order valence-electron chi connectivity index (χ3n) is 6.89. The summed E-state index contributed by atoms with van der Waals surface area (Å²) in [4.78, 5) is 35.9. The number of ether oxygens (including phenoxy) is 1. The number of fused-ring (bicyclic) bond motifs is 1. The average molecular weight is 546 g/mol. The average Bonchev–Trinajstić information content (AvgIpc) is 3.61. The number of nitrogens with zero attached hydrogens (tertiary/aromatic N) is 3. The molecule has 3 heterocycles. The first-order chi connectivity index (χ1) is 18.9. The summed E-state index contributed by atoms with van der Waals surface area (Å²) in [5, 5.41) is 0. The van der Waals surface area contributed by atoms with Crippen LogP contribution in [0.4, 0.5) is 4.39 Å². The van der Waals surface area contributed by atoms with Crippen LogP contribution in [0.1, 0.15) is 50.7 Å². The summed E-state index contributed by atoms with van der Waals surface area (Å²) in [7, 11) is 0. The van der Waals surface area contributed by atoms with Gasteiger partial charge in [0.25, 0.3) is 0 Å². The minimum Gasteiger partial charge on any atom is -0.453 e. The zero-order valence-corrected chi connectivity index (χ0v) is 23.1. The van der Waals surface area contributed by atoms with Crippen LogP contribution >= 0.6 is 11.3 Å². The SMILES string of the molecule is CCCN(CCc1ccc(-c2cc3nccc(Oc4ccc(CC(=O)CC5CC5)cc4F)c3s2)nc1)C(C)=O. The van der Waals surface area contributed by atoms with Gasteiger partial charge in [-0.25, -0.2) is 4.39 Å². The number of thiophene rings is 1. The summed E-state index contributed by atoms with van der Waals surface area (Å²) in [6.07, 6.45) is 8.26. The number of amides is 1. The van der Waals surface area contributed by atoms with Crippen molar-refractivity contribution in [3.05, 3.63) is 71.8 Å². The largest absolute Gasteiger partial charge is 0.453 e. The van der Waals surface area contributed by atoms with Crippen LogP contribution in [-0.2, 0) is 22.4 Å². The van der Waals surface area contributed by atoms with E-state index in [1.165, 1.54) is 17.4 Å². The lowest BCUT2D eigenvalue weighted by molar-refractivity contribution is -0.128. The van der Waals surface area contributed by atoms with Crippen LogP contribution in [0.5, 0.6) is 11.5 Å². The van der Waals surface area contributed by atoms with Crippen LogP contribution in [0.25, 0.3) is 20.8 Å². The molecule has 0 aliphatic heterocycles. The van der Waals surface area contributed by atoms with Gasteiger partial charge in [-0.05, 0) is 67.0 Å². The van der Waals surface area contributed by atoms with Crippen molar-refractivity contribution in [1.82, 2.24) is 14.9 Å². The third-order valence-corrected chi connectivity index (χ3v) is 8.05. The highest BCUT2D eigenvalue weighted by atomic mass is 32.1. The van der Waals surface area contributed by atoms with E-state index < -0.39 is 5.82 Å². The van der Waals surface area contributed by atoms with Gasteiger partial charge in [0, 0.05) is 51.3 Å². The normalized spacial score (nSPS) is 13.0. The van der Waals surface area contributed by atoms with Gasteiger partial charge < -0.3 is 9.64 Å². The number of ketones is 1. The minimum absolute atomic E-state index is 0.0898. The van der Waals surface area contributed by atoms with E-state index >= 15 is 0 Å². The van der Waals surface area contributed by atoms with Gasteiger partial charge in [-0.15, -0.1) is 11.3 Å². The molecule has 6 nitrogen and oxygen atoms in total. The molecule has 0 unspecified atom stereocenters. The highest BCUT2D eigenvalue weighted by Gasteiger charge is 2.24. The van der Waals surface area contributed by atoms with Crippen molar-refractivity contribution in [3.63, 3.8) is 0 Å². The maximum atomic E-state index is 14.9. The smallest absolute Gasteiger partial charge is 0.219 e. The van der Waals surface area contributed by atoms with Gasteiger partial charge >= 0.3 is 0 Å². The van der Waals surface area contributed by atoms with Crippen molar-refractivity contribution >= 4 is 33.2 Å². The molecule has 1 amide bonds. The number of Topliss-reactive ketones (excluding diaryl/α,β-unsaturated/α-hetero) is 1. The number of halogens is 1. The van der Waals surface area contributed by atoms with Crippen molar-refractivity contribution in [3.8, 4) is 22.1 Å². The molecule has 3 aromatic heterocycles. The fourth-order valence-corrected chi connectivity index (χ4v) is 5.64. The second-order valence-electron chi connectivity index (χ2n) is 10.2. The Morgan fingerprint density at radius 1 is 1.05 bits per heavy atom. The molecule has 1 aliphatic rings. The Hall–Kier alpha value is -3.65. The fourth-order valence-electron chi connectivity index (χ4n) is 4.60. The van der Waals surface area contributed by atoms with E-state index in [4.69, 9.17) is 4.74 Å². The number of hydrogen-bond acceptors (Lipinski definition) is 6. The zero-order valence-electron chi connectivity index (χ0n) is 22.3. The summed E-state index contributed by atoms with van der Waals surface area (Å²) >= 11 is 1.49. The predicted octanol–water partition coefficient (Wildman–Crippen LogP) is 7.00. The molecule has 0 N–H and O–H groups in total. The third kappa shape index (κ3) is 6.87. The number of aromatic nitrogens is 2. The molecule has 4 aromatic rings. The van der Waals surface area contributed by atoms with Gasteiger partial charge in [-0.1, -0.05) is 19.1 Å². The first kappa shape index (κ1) is 26.9. The van der Waals surface area contributed by atoms with Gasteiger partial charge in [0.05, 0.1) is 20.8 Å². The van der Waals surface area contributed by atoms with Crippen molar-refractivity contribution in [1.29, 1.82) is 0 Å². The summed E-state index contributed by atoms with van der Waals surface area (Å²) < 4.78 is 21.7.